The van der Waals surface area contributed by atoms with Gasteiger partial charge in [-0.25, -0.2) is 0 Å². The molecule has 136 valence electrons. The molecule has 1 aliphatic carbocycles. The Kier molecular flexibility index (Phi) is 9.56. The largest absolute Gasteiger partial charge is 0.385 e. The van der Waals surface area contributed by atoms with Crippen molar-refractivity contribution in [2.45, 2.75) is 59.4 Å². The van der Waals surface area contributed by atoms with E-state index >= 15 is 0 Å². The Morgan fingerprint density at radius 1 is 1.26 bits per heavy atom. The predicted molar refractivity (Wildman–Crippen MR) is 99.1 cm³/mol. The van der Waals surface area contributed by atoms with Crippen LogP contribution in [-0.2, 0) is 4.74 Å². The molecule has 0 bridgehead atoms. The van der Waals surface area contributed by atoms with E-state index in [0.29, 0.717) is 11.5 Å². The van der Waals surface area contributed by atoms with Gasteiger partial charge < -0.3 is 15.4 Å². The van der Waals surface area contributed by atoms with Gasteiger partial charge in [-0.05, 0) is 52.0 Å². The van der Waals surface area contributed by atoms with Gasteiger partial charge in [0.2, 0.25) is 0 Å². The molecule has 0 aliphatic heterocycles. The van der Waals surface area contributed by atoms with Crippen molar-refractivity contribution in [1.82, 2.24) is 15.5 Å². The average molecular weight is 327 g/mol. The second-order valence-electron chi connectivity index (χ2n) is 6.94. The Hall–Kier alpha value is -0.810. The summed E-state index contributed by atoms with van der Waals surface area (Å²) in [5.41, 5.74) is 0.381. The van der Waals surface area contributed by atoms with E-state index in [9.17, 15) is 0 Å². The van der Waals surface area contributed by atoms with Gasteiger partial charge in [0.15, 0.2) is 5.96 Å². The number of hydrogen-bond acceptors (Lipinski definition) is 3. The van der Waals surface area contributed by atoms with Crippen molar-refractivity contribution in [3.63, 3.8) is 0 Å². The first-order chi connectivity index (χ1) is 11.1. The number of rotatable bonds is 11. The zero-order valence-electron chi connectivity index (χ0n) is 16.0. The van der Waals surface area contributed by atoms with Crippen LogP contribution < -0.4 is 10.6 Å². The Morgan fingerprint density at radius 2 is 2.00 bits per heavy atom. The topological polar surface area (TPSA) is 48.9 Å². The van der Waals surface area contributed by atoms with Crippen LogP contribution in [0.25, 0.3) is 0 Å². The van der Waals surface area contributed by atoms with Crippen LogP contribution in [-0.4, -0.2) is 63.3 Å². The molecule has 1 rings (SSSR count). The normalized spacial score (nSPS) is 17.4. The lowest BCUT2D eigenvalue weighted by molar-refractivity contribution is 0.0778. The molecule has 23 heavy (non-hydrogen) atoms. The molecule has 0 heterocycles. The van der Waals surface area contributed by atoms with Crippen molar-refractivity contribution in [3.8, 4) is 0 Å². The lowest BCUT2D eigenvalue weighted by Gasteiger charge is -2.40. The number of likely N-dealkylation sites (N-methyl/N-ethyl adjacent to an activating group) is 1. The maximum Gasteiger partial charge on any atom is 0.191 e. The monoisotopic (exact) mass is 326 g/mol. The summed E-state index contributed by atoms with van der Waals surface area (Å²) in [5.74, 6) is 0.955. The predicted octanol–water partition coefficient (Wildman–Crippen LogP) is 2.48. The van der Waals surface area contributed by atoms with Crippen LogP contribution in [0.15, 0.2) is 4.99 Å². The Bertz CT molecular complexity index is 340. The SMILES string of the molecule is CCNC(=NCC1(CCOC)CCC1)NCCN(CC)C(C)C. The summed E-state index contributed by atoms with van der Waals surface area (Å²) in [4.78, 5) is 7.31. The van der Waals surface area contributed by atoms with E-state index in [2.05, 4.69) is 43.2 Å². The fourth-order valence-electron chi connectivity index (χ4n) is 3.17. The van der Waals surface area contributed by atoms with Crippen LogP contribution >= 0.6 is 0 Å². The van der Waals surface area contributed by atoms with Crippen molar-refractivity contribution in [3.05, 3.63) is 0 Å². The molecule has 1 fully saturated rings. The van der Waals surface area contributed by atoms with E-state index in [4.69, 9.17) is 9.73 Å². The van der Waals surface area contributed by atoms with E-state index in [0.717, 1.165) is 51.7 Å². The fourth-order valence-corrected chi connectivity index (χ4v) is 3.17. The van der Waals surface area contributed by atoms with Gasteiger partial charge >= 0.3 is 0 Å². The quantitative estimate of drug-likeness (QED) is 0.452. The lowest BCUT2D eigenvalue weighted by atomic mass is 9.67. The standard InChI is InChI=1S/C18H38N4O/c1-6-19-17(20-12-13-22(7-2)16(3)4)21-15-18(9-8-10-18)11-14-23-5/h16H,6-15H2,1-5H3,(H2,19,20,21). The van der Waals surface area contributed by atoms with Crippen molar-refractivity contribution in [1.29, 1.82) is 0 Å². The van der Waals surface area contributed by atoms with Gasteiger partial charge in [-0.2, -0.15) is 0 Å². The number of nitrogens with one attached hydrogen (secondary N) is 2. The lowest BCUT2D eigenvalue weighted by Crippen LogP contribution is -2.44. The van der Waals surface area contributed by atoms with Gasteiger partial charge in [-0.15, -0.1) is 0 Å². The maximum atomic E-state index is 5.27. The van der Waals surface area contributed by atoms with Crippen LogP contribution in [0, 0.1) is 5.41 Å². The van der Waals surface area contributed by atoms with E-state index in [1.54, 1.807) is 7.11 Å². The minimum absolute atomic E-state index is 0.381. The summed E-state index contributed by atoms with van der Waals surface area (Å²) in [5, 5.41) is 6.85. The number of guanidine groups is 1. The molecular weight excluding hydrogens is 288 g/mol. The smallest absolute Gasteiger partial charge is 0.191 e. The van der Waals surface area contributed by atoms with Crippen molar-refractivity contribution < 1.29 is 4.74 Å². The molecule has 0 aromatic carbocycles. The first-order valence-electron chi connectivity index (χ1n) is 9.32. The van der Waals surface area contributed by atoms with Gasteiger partial charge in [0.1, 0.15) is 0 Å². The Labute approximate surface area is 143 Å². The maximum absolute atomic E-state index is 5.27. The molecule has 0 atom stereocenters. The van der Waals surface area contributed by atoms with Crippen molar-refractivity contribution in [2.75, 3.05) is 46.4 Å². The first-order valence-corrected chi connectivity index (χ1v) is 9.32. The summed E-state index contributed by atoms with van der Waals surface area (Å²) in [6, 6.07) is 0.591. The minimum atomic E-state index is 0.381. The molecule has 5 nitrogen and oxygen atoms in total. The molecule has 0 unspecified atom stereocenters. The van der Waals surface area contributed by atoms with Gasteiger partial charge in [0.25, 0.3) is 0 Å². The zero-order valence-corrected chi connectivity index (χ0v) is 16.0. The summed E-state index contributed by atoms with van der Waals surface area (Å²) in [6.07, 6.45) is 5.04. The molecule has 5 heteroatoms. The molecule has 0 amide bonds. The Balaban J connectivity index is 2.46. The highest BCUT2D eigenvalue weighted by atomic mass is 16.5. The third-order valence-electron chi connectivity index (χ3n) is 5.00. The van der Waals surface area contributed by atoms with Crippen molar-refractivity contribution in [2.24, 2.45) is 10.4 Å². The summed E-state index contributed by atoms with van der Waals surface area (Å²) in [7, 11) is 1.79. The van der Waals surface area contributed by atoms with E-state index < -0.39 is 0 Å². The van der Waals surface area contributed by atoms with Crippen molar-refractivity contribution >= 4 is 5.96 Å². The van der Waals surface area contributed by atoms with E-state index in [1.165, 1.54) is 19.3 Å². The van der Waals surface area contributed by atoms with Crippen LogP contribution in [0.2, 0.25) is 0 Å². The van der Waals surface area contributed by atoms with Gasteiger partial charge in [-0.1, -0.05) is 13.3 Å². The average Bonchev–Trinajstić information content (AvgIpc) is 2.49. The molecule has 1 saturated carbocycles. The van der Waals surface area contributed by atoms with Gasteiger partial charge in [0.05, 0.1) is 0 Å². The molecule has 2 N–H and O–H groups in total. The number of nitrogens with zero attached hydrogens (tertiary/aromatic N) is 2. The fraction of sp³-hybridized carbons (Fsp3) is 0.944. The summed E-state index contributed by atoms with van der Waals surface area (Å²) >= 11 is 0. The zero-order chi connectivity index (χ0) is 17.1. The second-order valence-corrected chi connectivity index (χ2v) is 6.94. The molecule has 0 aromatic heterocycles. The number of ether oxygens (including phenoxy) is 1. The number of aliphatic imine (C=N–C) groups is 1. The molecule has 0 saturated heterocycles. The molecule has 0 aromatic rings. The summed E-state index contributed by atoms with van der Waals surface area (Å²) in [6.45, 7) is 14.6. The highest BCUT2D eigenvalue weighted by molar-refractivity contribution is 5.79. The van der Waals surface area contributed by atoms with Crippen LogP contribution in [0.1, 0.15) is 53.4 Å². The van der Waals surface area contributed by atoms with E-state index in [-0.39, 0.29) is 0 Å². The minimum Gasteiger partial charge on any atom is -0.385 e. The van der Waals surface area contributed by atoms with Gasteiger partial charge in [-0.3, -0.25) is 9.89 Å². The molecule has 0 spiro atoms. The van der Waals surface area contributed by atoms with Crippen LogP contribution in [0.4, 0.5) is 0 Å². The molecule has 1 aliphatic rings. The van der Waals surface area contributed by atoms with Crippen LogP contribution in [0.3, 0.4) is 0 Å². The highest BCUT2D eigenvalue weighted by Gasteiger charge is 2.36. The second kappa shape index (κ2) is 10.9. The molecular formula is C18H38N4O. The summed E-state index contributed by atoms with van der Waals surface area (Å²) < 4.78 is 5.27. The van der Waals surface area contributed by atoms with Crippen LogP contribution in [0.5, 0.6) is 0 Å². The number of hydrogen-bond donors (Lipinski definition) is 2. The number of methoxy groups -OCH3 is 1. The van der Waals surface area contributed by atoms with E-state index in [1.807, 2.05) is 0 Å². The first kappa shape index (κ1) is 20.2. The third-order valence-corrected chi connectivity index (χ3v) is 5.00. The van der Waals surface area contributed by atoms with Gasteiger partial charge in [0, 0.05) is 45.9 Å². The third kappa shape index (κ3) is 7.08. The molecule has 0 radical (unpaired) electrons. The highest BCUT2D eigenvalue weighted by Crippen LogP contribution is 2.44. The Morgan fingerprint density at radius 3 is 2.48 bits per heavy atom.